The molecule has 2 nitrogen and oxygen atoms in total. The zero-order valence-electron chi connectivity index (χ0n) is 7.21. The molecule has 0 aromatic heterocycles. The molecule has 0 aromatic carbocycles. The van der Waals surface area contributed by atoms with E-state index in [1.54, 1.807) is 0 Å². The van der Waals surface area contributed by atoms with E-state index in [-0.39, 0.29) is 0 Å². The average molecular weight is 188 g/mol. The monoisotopic (exact) mass is 188 g/mol. The number of rotatable bonds is 1. The number of hydrogen-bond donors (Lipinski definition) is 0. The Morgan fingerprint density at radius 3 is 2.27 bits per heavy atom. The maximum Gasteiger partial charge on any atom is 0.137 e. The van der Waals surface area contributed by atoms with Crippen LogP contribution in [0.25, 0.3) is 0 Å². The van der Waals surface area contributed by atoms with Crippen LogP contribution in [-0.4, -0.2) is 28.1 Å². The van der Waals surface area contributed by atoms with E-state index >= 15 is 0 Å². The van der Waals surface area contributed by atoms with Crippen LogP contribution in [0.4, 0.5) is 0 Å². The molecule has 0 radical (unpaired) electrons. The summed E-state index contributed by atoms with van der Waals surface area (Å²) >= 11 is 6.44. The molecular weight excluding hydrogens is 176 g/mol. The molecule has 0 aliphatic rings. The highest BCUT2D eigenvalue weighted by molar-refractivity contribution is 8.23. The lowest BCUT2D eigenvalue weighted by molar-refractivity contribution is 0.647. The largest absolute Gasteiger partial charge is 0.364 e. The van der Waals surface area contributed by atoms with E-state index in [1.807, 2.05) is 32.8 Å². The van der Waals surface area contributed by atoms with Crippen molar-refractivity contribution in [2.24, 2.45) is 0 Å². The number of nitriles is 1. The molecule has 4 heteroatoms. The van der Waals surface area contributed by atoms with Crippen molar-refractivity contribution in [1.29, 1.82) is 5.26 Å². The normalized spacial score (nSPS) is 10.5. The molecule has 0 atom stereocenters. The van der Waals surface area contributed by atoms with Crippen LogP contribution in [0.2, 0.25) is 0 Å². The maximum atomic E-state index is 8.68. The van der Waals surface area contributed by atoms with Crippen LogP contribution in [0.3, 0.4) is 0 Å². The number of thiocarbonyl (C=S) groups is 1. The summed E-state index contributed by atoms with van der Waals surface area (Å²) in [4.78, 5) is 1.83. The molecule has 11 heavy (non-hydrogen) atoms. The average Bonchev–Trinajstić information content (AvgIpc) is 1.87. The van der Waals surface area contributed by atoms with Gasteiger partial charge in [-0.05, 0) is 13.8 Å². The fraction of sp³-hybridized carbons (Fsp3) is 0.714. The minimum atomic E-state index is -0.415. The van der Waals surface area contributed by atoms with Crippen molar-refractivity contribution in [2.45, 2.75) is 18.6 Å². The first kappa shape index (κ1) is 10.7. The van der Waals surface area contributed by atoms with Crippen LogP contribution >= 0.6 is 24.0 Å². The van der Waals surface area contributed by atoms with Crippen LogP contribution in [-0.2, 0) is 0 Å². The van der Waals surface area contributed by atoms with E-state index < -0.39 is 4.75 Å². The molecule has 0 unspecified atom stereocenters. The Balaban J connectivity index is 4.08. The van der Waals surface area contributed by atoms with Gasteiger partial charge in [0.25, 0.3) is 0 Å². The topological polar surface area (TPSA) is 27.0 Å². The predicted molar refractivity (Wildman–Crippen MR) is 53.6 cm³/mol. The summed E-state index contributed by atoms with van der Waals surface area (Å²) in [7, 11) is 3.76. The lowest BCUT2D eigenvalue weighted by Gasteiger charge is -2.19. The molecule has 0 rings (SSSR count). The number of thioether (sulfide) groups is 1. The molecular formula is C7H12N2S2. The number of hydrogen-bond acceptors (Lipinski definition) is 3. The van der Waals surface area contributed by atoms with Crippen molar-refractivity contribution in [3.8, 4) is 6.07 Å². The SMILES string of the molecule is CN(C)C(=S)SC(C)(C)C#N. The lowest BCUT2D eigenvalue weighted by Crippen LogP contribution is -2.23. The van der Waals surface area contributed by atoms with Gasteiger partial charge < -0.3 is 4.90 Å². The van der Waals surface area contributed by atoms with Gasteiger partial charge in [-0.25, -0.2) is 0 Å². The molecule has 0 bridgehead atoms. The molecule has 0 fully saturated rings. The van der Waals surface area contributed by atoms with Crippen LogP contribution < -0.4 is 0 Å². The summed E-state index contributed by atoms with van der Waals surface area (Å²) in [6.45, 7) is 3.71. The highest BCUT2D eigenvalue weighted by Crippen LogP contribution is 2.25. The summed E-state index contributed by atoms with van der Waals surface area (Å²) in [5, 5.41) is 8.68. The maximum absolute atomic E-state index is 8.68. The molecule has 62 valence electrons. The Labute approximate surface area is 77.6 Å². The van der Waals surface area contributed by atoms with Gasteiger partial charge >= 0.3 is 0 Å². The zero-order valence-corrected chi connectivity index (χ0v) is 8.84. The van der Waals surface area contributed by atoms with Crippen LogP contribution in [0, 0.1) is 11.3 Å². The number of nitrogens with zero attached hydrogens (tertiary/aromatic N) is 2. The second-order valence-corrected chi connectivity index (χ2v) is 5.14. The third-order valence-corrected chi connectivity index (χ3v) is 2.73. The van der Waals surface area contributed by atoms with Gasteiger partial charge in [0.2, 0.25) is 0 Å². The van der Waals surface area contributed by atoms with Gasteiger partial charge in [0.1, 0.15) is 9.07 Å². The van der Waals surface area contributed by atoms with Crippen LogP contribution in [0.15, 0.2) is 0 Å². The van der Waals surface area contributed by atoms with Crippen molar-refractivity contribution < 1.29 is 0 Å². The van der Waals surface area contributed by atoms with E-state index in [1.165, 1.54) is 11.8 Å². The minimum absolute atomic E-state index is 0.415. The molecule has 0 aliphatic carbocycles. The van der Waals surface area contributed by atoms with E-state index in [4.69, 9.17) is 17.5 Å². The summed E-state index contributed by atoms with van der Waals surface area (Å²) in [5.41, 5.74) is 0. The zero-order chi connectivity index (χ0) is 9.07. The van der Waals surface area contributed by atoms with Crippen molar-refractivity contribution in [1.82, 2.24) is 4.90 Å². The predicted octanol–water partition coefficient (Wildman–Crippen LogP) is 1.87. The molecule has 0 heterocycles. The Morgan fingerprint density at radius 2 is 2.00 bits per heavy atom. The Kier molecular flexibility index (Phi) is 3.84. The summed E-state index contributed by atoms with van der Waals surface area (Å²) < 4.78 is 0.331. The molecule has 0 spiro atoms. The first-order chi connectivity index (χ1) is 4.89. The molecule has 0 saturated carbocycles. The van der Waals surface area contributed by atoms with Crippen molar-refractivity contribution in [3.05, 3.63) is 0 Å². The molecule has 0 saturated heterocycles. The van der Waals surface area contributed by atoms with Gasteiger partial charge in [0, 0.05) is 14.1 Å². The van der Waals surface area contributed by atoms with Crippen LogP contribution in [0.5, 0.6) is 0 Å². The summed E-state index contributed by atoms with van der Waals surface area (Å²) in [6, 6.07) is 2.18. The third kappa shape index (κ3) is 4.23. The standard InChI is InChI=1S/C7H12N2S2/c1-7(2,5-8)11-6(10)9(3)4/h1-4H3. The quantitative estimate of drug-likeness (QED) is 0.587. The van der Waals surface area contributed by atoms with E-state index in [2.05, 4.69) is 6.07 Å². The van der Waals surface area contributed by atoms with Crippen molar-refractivity contribution >= 4 is 28.3 Å². The van der Waals surface area contributed by atoms with Gasteiger partial charge in [0.05, 0.1) is 6.07 Å². The van der Waals surface area contributed by atoms with Gasteiger partial charge in [-0.15, -0.1) is 0 Å². The fourth-order valence-corrected chi connectivity index (χ4v) is 1.62. The third-order valence-electron chi connectivity index (χ3n) is 0.977. The summed E-state index contributed by atoms with van der Waals surface area (Å²) in [5.74, 6) is 0. The van der Waals surface area contributed by atoms with Crippen molar-refractivity contribution in [2.75, 3.05) is 14.1 Å². The lowest BCUT2D eigenvalue weighted by atomic mass is 10.2. The first-order valence-corrected chi connectivity index (χ1v) is 4.43. The fourth-order valence-electron chi connectivity index (χ4n) is 0.332. The van der Waals surface area contributed by atoms with Gasteiger partial charge in [0.15, 0.2) is 0 Å². The summed E-state index contributed by atoms with van der Waals surface area (Å²) in [6.07, 6.45) is 0. The van der Waals surface area contributed by atoms with Gasteiger partial charge in [-0.3, -0.25) is 0 Å². The molecule has 0 amide bonds. The smallest absolute Gasteiger partial charge is 0.137 e. The first-order valence-electron chi connectivity index (χ1n) is 3.20. The second kappa shape index (κ2) is 3.93. The second-order valence-electron chi connectivity index (χ2n) is 2.88. The Morgan fingerprint density at radius 1 is 1.55 bits per heavy atom. The molecule has 0 aromatic rings. The van der Waals surface area contributed by atoms with E-state index in [0.29, 0.717) is 0 Å². The highest BCUT2D eigenvalue weighted by Gasteiger charge is 2.20. The minimum Gasteiger partial charge on any atom is -0.364 e. The Bertz CT molecular complexity index is 191. The highest BCUT2D eigenvalue weighted by atomic mass is 32.2. The van der Waals surface area contributed by atoms with Crippen LogP contribution in [0.1, 0.15) is 13.8 Å². The van der Waals surface area contributed by atoms with E-state index in [0.717, 1.165) is 4.32 Å². The molecule has 0 aliphatic heterocycles. The van der Waals surface area contributed by atoms with Gasteiger partial charge in [-0.1, -0.05) is 24.0 Å². The Hall–Kier alpha value is -0.270. The molecule has 0 N–H and O–H groups in total. The van der Waals surface area contributed by atoms with Gasteiger partial charge in [-0.2, -0.15) is 5.26 Å². The van der Waals surface area contributed by atoms with E-state index in [9.17, 15) is 0 Å². The van der Waals surface area contributed by atoms with Crippen molar-refractivity contribution in [3.63, 3.8) is 0 Å².